The Bertz CT molecular complexity index is 1090. The highest BCUT2D eigenvalue weighted by Gasteiger charge is 2.61. The molecule has 3 fully saturated rings. The van der Waals surface area contributed by atoms with Gasteiger partial charge in [-0.3, -0.25) is 9.59 Å². The van der Waals surface area contributed by atoms with Crippen molar-refractivity contribution in [2.24, 2.45) is 0 Å². The van der Waals surface area contributed by atoms with Crippen molar-refractivity contribution in [1.29, 1.82) is 0 Å². The van der Waals surface area contributed by atoms with Crippen molar-refractivity contribution in [2.75, 3.05) is 13.2 Å². The van der Waals surface area contributed by atoms with Crippen LogP contribution in [0, 0.1) is 6.92 Å². The molecule has 3 aliphatic heterocycles. The molecule has 9 nitrogen and oxygen atoms in total. The number of piperidine rings is 1. The highest BCUT2D eigenvalue weighted by atomic mass is 16.6. The van der Waals surface area contributed by atoms with E-state index >= 15 is 0 Å². The Balaban J connectivity index is 1.88. The monoisotopic (exact) mass is 465 g/mol. The normalized spacial score (nSPS) is 21.4. The minimum atomic E-state index is -1.15. The molecule has 9 heteroatoms. The van der Waals surface area contributed by atoms with Crippen LogP contribution in [0.15, 0.2) is 54.6 Å². The van der Waals surface area contributed by atoms with Gasteiger partial charge in [-0.1, -0.05) is 48.0 Å². The number of hydrogen-bond donors (Lipinski definition) is 0. The highest BCUT2D eigenvalue weighted by Crippen LogP contribution is 2.44. The second kappa shape index (κ2) is 9.54. The fraction of sp³-hybridized carbons (Fsp3) is 0.360. The van der Waals surface area contributed by atoms with E-state index in [1.165, 1.54) is 4.90 Å². The molecule has 34 heavy (non-hydrogen) atoms. The summed E-state index contributed by atoms with van der Waals surface area (Å²) in [4.78, 5) is 54.6. The zero-order chi connectivity index (χ0) is 24.4. The van der Waals surface area contributed by atoms with E-state index in [0.29, 0.717) is 11.1 Å². The molecule has 0 N–H and O–H groups in total. The summed E-state index contributed by atoms with van der Waals surface area (Å²) >= 11 is 0. The van der Waals surface area contributed by atoms with Gasteiger partial charge in [-0.15, -0.1) is 0 Å². The average molecular weight is 466 g/mol. The van der Waals surface area contributed by atoms with Crippen LogP contribution >= 0.6 is 0 Å². The highest BCUT2D eigenvalue weighted by molar-refractivity contribution is 5.99. The molecular formula is C25H27N3O6. The summed E-state index contributed by atoms with van der Waals surface area (Å²) in [5.41, 5.74) is 2.08. The Morgan fingerprint density at radius 2 is 1.44 bits per heavy atom. The van der Waals surface area contributed by atoms with Crippen molar-refractivity contribution in [2.45, 2.75) is 45.4 Å². The van der Waals surface area contributed by atoms with Crippen LogP contribution in [0.2, 0.25) is 0 Å². The third-order valence-corrected chi connectivity index (χ3v) is 6.00. The number of fused-ring (bicyclic) bond motifs is 3. The summed E-state index contributed by atoms with van der Waals surface area (Å²) in [7, 11) is 0. The van der Waals surface area contributed by atoms with Crippen LogP contribution in [0.5, 0.6) is 0 Å². The SMILES string of the molecule is CCOC(=O)N1[C@@H]2C(=O)C[C@@H](N(C(=O)c3ccc(C)cc3)[C@@H]2c2ccccc2)N1C(=O)OCC. The summed E-state index contributed by atoms with van der Waals surface area (Å²) in [6, 6.07) is 14.1. The fourth-order valence-electron chi connectivity index (χ4n) is 4.56. The first kappa shape index (κ1) is 23.3. The molecule has 0 aromatic heterocycles. The van der Waals surface area contributed by atoms with Gasteiger partial charge in [-0.05, 0) is 38.5 Å². The van der Waals surface area contributed by atoms with Crippen molar-refractivity contribution in [1.82, 2.24) is 14.9 Å². The van der Waals surface area contributed by atoms with Gasteiger partial charge in [0, 0.05) is 12.0 Å². The largest absolute Gasteiger partial charge is 0.448 e. The number of nitrogens with zero attached hydrogens (tertiary/aromatic N) is 3. The van der Waals surface area contributed by atoms with Crippen molar-refractivity contribution < 1.29 is 28.7 Å². The van der Waals surface area contributed by atoms with Crippen LogP contribution in [0.4, 0.5) is 9.59 Å². The van der Waals surface area contributed by atoms with Crippen molar-refractivity contribution >= 4 is 23.9 Å². The van der Waals surface area contributed by atoms with E-state index in [9.17, 15) is 19.2 Å². The molecule has 3 saturated heterocycles. The maximum atomic E-state index is 13.8. The van der Waals surface area contributed by atoms with Gasteiger partial charge in [-0.2, -0.15) is 10.0 Å². The number of hydrazine groups is 1. The molecule has 5 rings (SSSR count). The van der Waals surface area contributed by atoms with E-state index in [1.807, 2.05) is 25.1 Å². The molecule has 3 amide bonds. The Hall–Kier alpha value is -3.88. The lowest BCUT2D eigenvalue weighted by atomic mass is 9.84. The van der Waals surface area contributed by atoms with Crippen molar-refractivity contribution in [3.63, 3.8) is 0 Å². The maximum Gasteiger partial charge on any atom is 0.431 e. The van der Waals surface area contributed by atoms with Gasteiger partial charge in [0.2, 0.25) is 0 Å². The van der Waals surface area contributed by atoms with E-state index in [-0.39, 0.29) is 31.3 Å². The zero-order valence-corrected chi connectivity index (χ0v) is 19.3. The van der Waals surface area contributed by atoms with Crippen LogP contribution in [0.25, 0.3) is 0 Å². The van der Waals surface area contributed by atoms with Crippen molar-refractivity contribution in [3.05, 3.63) is 71.3 Å². The summed E-state index contributed by atoms with van der Waals surface area (Å²) < 4.78 is 10.4. The first-order valence-electron chi connectivity index (χ1n) is 11.3. The summed E-state index contributed by atoms with van der Waals surface area (Å²) in [6.07, 6.45) is -2.85. The number of ketones is 1. The predicted octanol–water partition coefficient (Wildman–Crippen LogP) is 3.69. The molecular weight excluding hydrogens is 438 g/mol. The van der Waals surface area contributed by atoms with Gasteiger partial charge in [-0.25, -0.2) is 9.59 Å². The Morgan fingerprint density at radius 3 is 2.03 bits per heavy atom. The van der Waals surface area contributed by atoms with Crippen molar-refractivity contribution in [3.8, 4) is 0 Å². The van der Waals surface area contributed by atoms with Gasteiger partial charge >= 0.3 is 12.2 Å². The minimum Gasteiger partial charge on any atom is -0.448 e. The maximum absolute atomic E-state index is 13.8. The van der Waals surface area contributed by atoms with Crippen LogP contribution in [0.3, 0.4) is 0 Å². The molecule has 0 radical (unpaired) electrons. The van der Waals surface area contributed by atoms with Crippen LogP contribution < -0.4 is 0 Å². The lowest BCUT2D eigenvalue weighted by Gasteiger charge is -2.58. The first-order chi connectivity index (χ1) is 16.4. The minimum absolute atomic E-state index is 0.0551. The van der Waals surface area contributed by atoms with E-state index in [2.05, 4.69) is 0 Å². The number of Topliss-reactive ketones (excluding diaryl/α,β-unsaturated/α-hetero) is 1. The quantitative estimate of drug-likeness (QED) is 0.683. The zero-order valence-electron chi connectivity index (χ0n) is 19.3. The van der Waals surface area contributed by atoms with E-state index in [4.69, 9.17) is 9.47 Å². The smallest absolute Gasteiger partial charge is 0.431 e. The Kier molecular flexibility index (Phi) is 6.54. The summed E-state index contributed by atoms with van der Waals surface area (Å²) in [5, 5.41) is 2.08. The topological polar surface area (TPSA) is 96.5 Å². The lowest BCUT2D eigenvalue weighted by molar-refractivity contribution is -0.192. The van der Waals surface area contributed by atoms with E-state index < -0.39 is 30.4 Å². The number of aryl methyl sites for hydroxylation is 1. The molecule has 0 saturated carbocycles. The molecule has 3 atom stereocenters. The molecule has 2 aromatic rings. The number of rotatable bonds is 4. The second-order valence-electron chi connectivity index (χ2n) is 8.12. The number of carbonyl (C=O) groups excluding carboxylic acids is 4. The standard InChI is InChI=1S/C25H27N3O6/c1-4-33-24(31)27-20-15-19(29)22(28(27)25(32)34-5-2)21(17-9-7-6-8-10-17)26(20)23(30)18-13-11-16(3)12-14-18/h6-14,20-22H,4-5,15H2,1-3H3/t20-,21+,22+/m0/s1. The van der Waals surface area contributed by atoms with Crippen LogP contribution in [0.1, 0.15) is 47.8 Å². The Morgan fingerprint density at radius 1 is 0.853 bits per heavy atom. The van der Waals surface area contributed by atoms with Crippen LogP contribution in [-0.2, 0) is 14.3 Å². The molecule has 0 aliphatic carbocycles. The third-order valence-electron chi connectivity index (χ3n) is 6.00. The predicted molar refractivity (Wildman–Crippen MR) is 121 cm³/mol. The van der Waals surface area contributed by atoms with E-state index in [0.717, 1.165) is 15.6 Å². The molecule has 3 heterocycles. The number of ether oxygens (including phenoxy) is 2. The van der Waals surface area contributed by atoms with Gasteiger partial charge < -0.3 is 14.4 Å². The van der Waals surface area contributed by atoms with Crippen LogP contribution in [-0.4, -0.2) is 64.2 Å². The van der Waals surface area contributed by atoms with Gasteiger partial charge in [0.25, 0.3) is 5.91 Å². The molecule has 0 spiro atoms. The number of benzene rings is 2. The van der Waals surface area contributed by atoms with Gasteiger partial charge in [0.1, 0.15) is 12.2 Å². The molecule has 0 unspecified atom stereocenters. The lowest BCUT2D eigenvalue weighted by Crippen LogP contribution is -2.77. The van der Waals surface area contributed by atoms with E-state index in [1.54, 1.807) is 50.2 Å². The fourth-order valence-corrected chi connectivity index (χ4v) is 4.56. The Labute approximate surface area is 197 Å². The molecule has 2 bridgehead atoms. The molecule has 2 aromatic carbocycles. The second-order valence-corrected chi connectivity index (χ2v) is 8.12. The van der Waals surface area contributed by atoms with Gasteiger partial charge in [0.15, 0.2) is 5.78 Å². The average Bonchev–Trinajstić information content (AvgIpc) is 2.84. The van der Waals surface area contributed by atoms with Gasteiger partial charge in [0.05, 0.1) is 19.3 Å². The third kappa shape index (κ3) is 3.98. The number of carbonyl (C=O) groups is 4. The number of amides is 3. The molecule has 3 aliphatic rings. The summed E-state index contributed by atoms with van der Waals surface area (Å²) in [5.74, 6) is -0.616. The molecule has 178 valence electrons. The first-order valence-corrected chi connectivity index (χ1v) is 11.3. The summed E-state index contributed by atoms with van der Waals surface area (Å²) in [6.45, 7) is 5.31. The number of hydrogen-bond acceptors (Lipinski definition) is 6.